The molecule has 0 bridgehead atoms. The summed E-state index contributed by atoms with van der Waals surface area (Å²) in [7, 11) is 0. The summed E-state index contributed by atoms with van der Waals surface area (Å²) < 4.78 is 13.4. The minimum Gasteiger partial charge on any atom is -0.490 e. The fraction of sp³-hybridized carbons (Fsp3) is 0.167. The number of rotatable bonds is 6. The second kappa shape index (κ2) is 8.76. The first-order chi connectivity index (χ1) is 11.1. The molecule has 0 aromatic heterocycles. The summed E-state index contributed by atoms with van der Waals surface area (Å²) in [5.41, 5.74) is 1.94. The fourth-order valence-electron chi connectivity index (χ4n) is 1.96. The summed E-state index contributed by atoms with van der Waals surface area (Å²) in [5.74, 6) is 1.31. The molecule has 2 aromatic carbocycles. The Morgan fingerprint density at radius 2 is 1.87 bits per heavy atom. The number of hydrogen-bond acceptors (Lipinski definition) is 3. The second-order valence-electron chi connectivity index (χ2n) is 4.64. The average molecular weight is 437 g/mol. The standard InChI is InChI=1S/C18H15Br2NO2/c1-2-22-17-11-14(4-3-9-21)10-16(20)18(17)23-12-13-5-7-15(19)8-6-13/h3-8,10-11H,2,12H2,1H3. The zero-order valence-electron chi connectivity index (χ0n) is 12.6. The quantitative estimate of drug-likeness (QED) is 0.543. The molecule has 118 valence electrons. The van der Waals surface area contributed by atoms with Crippen LogP contribution in [0.4, 0.5) is 0 Å². The molecule has 0 aliphatic carbocycles. The lowest BCUT2D eigenvalue weighted by Crippen LogP contribution is -2.01. The number of nitrogens with zero attached hydrogens (tertiary/aromatic N) is 1. The third-order valence-corrected chi connectivity index (χ3v) is 4.10. The second-order valence-corrected chi connectivity index (χ2v) is 6.41. The number of benzene rings is 2. The van der Waals surface area contributed by atoms with Gasteiger partial charge in [0.2, 0.25) is 0 Å². The van der Waals surface area contributed by atoms with Crippen molar-refractivity contribution in [1.82, 2.24) is 0 Å². The topological polar surface area (TPSA) is 42.2 Å². The lowest BCUT2D eigenvalue weighted by Gasteiger charge is -2.15. The first kappa shape index (κ1) is 17.6. The minimum absolute atomic E-state index is 0.444. The van der Waals surface area contributed by atoms with E-state index in [0.29, 0.717) is 24.7 Å². The Hall–Kier alpha value is -1.77. The van der Waals surface area contributed by atoms with E-state index in [2.05, 4.69) is 31.9 Å². The zero-order valence-corrected chi connectivity index (χ0v) is 15.7. The highest BCUT2D eigenvalue weighted by molar-refractivity contribution is 9.10. The third-order valence-electron chi connectivity index (χ3n) is 2.98. The Bertz CT molecular complexity index is 734. The van der Waals surface area contributed by atoms with Crippen molar-refractivity contribution in [2.24, 2.45) is 0 Å². The van der Waals surface area contributed by atoms with Crippen molar-refractivity contribution in [1.29, 1.82) is 5.26 Å². The van der Waals surface area contributed by atoms with E-state index in [1.807, 2.05) is 49.4 Å². The molecule has 23 heavy (non-hydrogen) atoms. The van der Waals surface area contributed by atoms with Crippen LogP contribution in [0.15, 0.2) is 51.4 Å². The van der Waals surface area contributed by atoms with E-state index in [-0.39, 0.29) is 0 Å². The Morgan fingerprint density at radius 3 is 2.52 bits per heavy atom. The lowest BCUT2D eigenvalue weighted by molar-refractivity contribution is 0.267. The number of nitriles is 1. The van der Waals surface area contributed by atoms with E-state index in [1.165, 1.54) is 6.08 Å². The van der Waals surface area contributed by atoms with E-state index in [1.54, 1.807) is 6.08 Å². The van der Waals surface area contributed by atoms with Crippen molar-refractivity contribution >= 4 is 37.9 Å². The number of hydrogen-bond donors (Lipinski definition) is 0. The van der Waals surface area contributed by atoms with Crippen molar-refractivity contribution in [2.75, 3.05) is 6.61 Å². The third kappa shape index (κ3) is 5.12. The maximum absolute atomic E-state index is 8.65. The molecule has 0 saturated heterocycles. The monoisotopic (exact) mass is 435 g/mol. The van der Waals surface area contributed by atoms with Crippen molar-refractivity contribution in [2.45, 2.75) is 13.5 Å². The smallest absolute Gasteiger partial charge is 0.175 e. The van der Waals surface area contributed by atoms with E-state index in [0.717, 1.165) is 20.1 Å². The molecule has 2 rings (SSSR count). The van der Waals surface area contributed by atoms with Crippen LogP contribution in [0.1, 0.15) is 18.1 Å². The van der Waals surface area contributed by atoms with E-state index < -0.39 is 0 Å². The van der Waals surface area contributed by atoms with Crippen LogP contribution < -0.4 is 9.47 Å². The lowest BCUT2D eigenvalue weighted by atomic mass is 10.2. The molecule has 0 N–H and O–H groups in total. The van der Waals surface area contributed by atoms with Gasteiger partial charge in [-0.1, -0.05) is 28.1 Å². The minimum atomic E-state index is 0.444. The van der Waals surface area contributed by atoms with Gasteiger partial charge in [-0.25, -0.2) is 0 Å². The first-order valence-electron chi connectivity index (χ1n) is 7.03. The summed E-state index contributed by atoms with van der Waals surface area (Å²) in [6, 6.07) is 13.7. The van der Waals surface area contributed by atoms with E-state index >= 15 is 0 Å². The van der Waals surface area contributed by atoms with Gasteiger partial charge in [-0.2, -0.15) is 5.26 Å². The molecule has 0 heterocycles. The molecule has 0 aliphatic rings. The van der Waals surface area contributed by atoms with Crippen LogP contribution in [0.25, 0.3) is 6.08 Å². The summed E-state index contributed by atoms with van der Waals surface area (Å²) in [6.07, 6.45) is 3.16. The van der Waals surface area contributed by atoms with Gasteiger partial charge in [0.1, 0.15) is 6.61 Å². The van der Waals surface area contributed by atoms with Crippen LogP contribution in [-0.2, 0) is 6.61 Å². The predicted molar refractivity (Wildman–Crippen MR) is 98.4 cm³/mol. The molecule has 0 spiro atoms. The summed E-state index contributed by atoms with van der Waals surface area (Å²) in [4.78, 5) is 0. The van der Waals surface area contributed by atoms with E-state index in [9.17, 15) is 0 Å². The molecule has 3 nitrogen and oxygen atoms in total. The van der Waals surface area contributed by atoms with Gasteiger partial charge in [-0.05, 0) is 64.3 Å². The highest BCUT2D eigenvalue weighted by Crippen LogP contribution is 2.37. The van der Waals surface area contributed by atoms with Crippen LogP contribution in [0, 0.1) is 11.3 Å². The Morgan fingerprint density at radius 1 is 1.13 bits per heavy atom. The molecule has 0 radical (unpaired) electrons. The van der Waals surface area contributed by atoms with Gasteiger partial charge in [-0.15, -0.1) is 0 Å². The Kier molecular flexibility index (Phi) is 6.69. The SMILES string of the molecule is CCOc1cc(C=CC#N)cc(Br)c1OCc1ccc(Br)cc1. The zero-order chi connectivity index (χ0) is 16.7. The highest BCUT2D eigenvalue weighted by atomic mass is 79.9. The van der Waals surface area contributed by atoms with Gasteiger partial charge in [0, 0.05) is 10.5 Å². The number of allylic oxidation sites excluding steroid dienone is 1. The molecule has 2 aromatic rings. The van der Waals surface area contributed by atoms with Gasteiger partial charge in [0.25, 0.3) is 0 Å². The van der Waals surface area contributed by atoms with Crippen molar-refractivity contribution < 1.29 is 9.47 Å². The summed E-state index contributed by atoms with van der Waals surface area (Å²) in [5, 5.41) is 8.65. The number of ether oxygens (including phenoxy) is 2. The molecule has 0 aliphatic heterocycles. The van der Waals surface area contributed by atoms with Crippen molar-refractivity contribution in [3.05, 3.63) is 62.5 Å². The largest absolute Gasteiger partial charge is 0.490 e. The molecule has 0 atom stereocenters. The van der Waals surface area contributed by atoms with Gasteiger partial charge >= 0.3 is 0 Å². The van der Waals surface area contributed by atoms with Gasteiger partial charge in [-0.3, -0.25) is 0 Å². The van der Waals surface area contributed by atoms with Gasteiger partial charge < -0.3 is 9.47 Å². The maximum Gasteiger partial charge on any atom is 0.175 e. The fourth-order valence-corrected chi connectivity index (χ4v) is 2.80. The Balaban J connectivity index is 2.24. The van der Waals surface area contributed by atoms with Gasteiger partial charge in [0.15, 0.2) is 11.5 Å². The van der Waals surface area contributed by atoms with Crippen LogP contribution in [0.2, 0.25) is 0 Å². The predicted octanol–water partition coefficient (Wildman–Crippen LogP) is 5.73. The molecular weight excluding hydrogens is 422 g/mol. The molecule has 5 heteroatoms. The Labute approximate surface area is 152 Å². The van der Waals surface area contributed by atoms with Crippen LogP contribution in [-0.4, -0.2) is 6.61 Å². The van der Waals surface area contributed by atoms with E-state index in [4.69, 9.17) is 14.7 Å². The molecule has 0 amide bonds. The molecule has 0 fully saturated rings. The number of halogens is 2. The molecular formula is C18H15Br2NO2. The highest BCUT2D eigenvalue weighted by Gasteiger charge is 2.12. The van der Waals surface area contributed by atoms with Gasteiger partial charge in [0.05, 0.1) is 17.1 Å². The first-order valence-corrected chi connectivity index (χ1v) is 8.62. The van der Waals surface area contributed by atoms with Crippen LogP contribution in [0.5, 0.6) is 11.5 Å². The maximum atomic E-state index is 8.65. The van der Waals surface area contributed by atoms with Crippen LogP contribution in [0.3, 0.4) is 0 Å². The summed E-state index contributed by atoms with van der Waals surface area (Å²) in [6.45, 7) is 2.90. The normalized spacial score (nSPS) is 10.5. The molecule has 0 saturated carbocycles. The molecule has 0 unspecified atom stereocenters. The summed E-state index contributed by atoms with van der Waals surface area (Å²) >= 11 is 6.93. The van der Waals surface area contributed by atoms with Crippen molar-refractivity contribution in [3.8, 4) is 17.6 Å². The van der Waals surface area contributed by atoms with Crippen LogP contribution >= 0.6 is 31.9 Å². The van der Waals surface area contributed by atoms with Crippen molar-refractivity contribution in [3.63, 3.8) is 0 Å². The average Bonchev–Trinajstić information content (AvgIpc) is 2.54.